The molecule has 1 fully saturated rings. The lowest BCUT2D eigenvalue weighted by atomic mass is 10.1. The van der Waals surface area contributed by atoms with Crippen LogP contribution < -0.4 is 20.1 Å². The molecule has 1 unspecified atom stereocenters. The number of ether oxygens (including phenoxy) is 2. The van der Waals surface area contributed by atoms with Gasteiger partial charge < -0.3 is 20.1 Å². The molecule has 0 bridgehead atoms. The number of hydrogen-bond acceptors (Lipinski definition) is 4. The fourth-order valence-electron chi connectivity index (χ4n) is 2.48. The van der Waals surface area contributed by atoms with Crippen molar-refractivity contribution in [3.05, 3.63) is 17.2 Å². The van der Waals surface area contributed by atoms with E-state index >= 15 is 0 Å². The van der Waals surface area contributed by atoms with Crippen molar-refractivity contribution in [1.29, 1.82) is 0 Å². The van der Waals surface area contributed by atoms with Crippen LogP contribution in [0.3, 0.4) is 0 Å². The van der Waals surface area contributed by atoms with Gasteiger partial charge in [-0.1, -0.05) is 11.6 Å². The standard InChI is InChI=1S/C15H21ClN2O3/c1-20-13-9-12(14(21-2)8-11(13)16)18-15(19)6-5-10-4-3-7-17-10/h8-10,17H,3-7H2,1-2H3,(H,18,19). The Morgan fingerprint density at radius 2 is 2.14 bits per heavy atom. The third kappa shape index (κ3) is 4.25. The zero-order chi connectivity index (χ0) is 15.2. The molecule has 1 aromatic rings. The van der Waals surface area contributed by atoms with Crippen molar-refractivity contribution in [2.45, 2.75) is 31.7 Å². The van der Waals surface area contributed by atoms with Crippen molar-refractivity contribution in [2.24, 2.45) is 0 Å². The monoisotopic (exact) mass is 312 g/mol. The Hall–Kier alpha value is -1.46. The molecule has 6 heteroatoms. The second-order valence-electron chi connectivity index (χ2n) is 5.07. The van der Waals surface area contributed by atoms with Crippen molar-refractivity contribution >= 4 is 23.2 Å². The molecule has 0 aliphatic carbocycles. The summed E-state index contributed by atoms with van der Waals surface area (Å²) in [6, 6.07) is 3.76. The Labute approximate surface area is 130 Å². The van der Waals surface area contributed by atoms with Crippen LogP contribution in [0.5, 0.6) is 11.5 Å². The second kappa shape index (κ2) is 7.52. The third-order valence-corrected chi connectivity index (χ3v) is 3.93. The summed E-state index contributed by atoms with van der Waals surface area (Å²) < 4.78 is 10.4. The highest BCUT2D eigenvalue weighted by molar-refractivity contribution is 6.32. The van der Waals surface area contributed by atoms with Gasteiger partial charge in [-0.05, 0) is 25.8 Å². The van der Waals surface area contributed by atoms with Crippen LogP contribution in [0.15, 0.2) is 12.1 Å². The Bertz CT molecular complexity index is 502. The van der Waals surface area contributed by atoms with Crippen LogP contribution in [0.4, 0.5) is 5.69 Å². The van der Waals surface area contributed by atoms with Crippen LogP contribution in [-0.2, 0) is 4.79 Å². The molecule has 2 rings (SSSR count). The van der Waals surface area contributed by atoms with Gasteiger partial charge in [-0.15, -0.1) is 0 Å². The third-order valence-electron chi connectivity index (χ3n) is 3.63. The van der Waals surface area contributed by atoms with Crippen LogP contribution in [-0.4, -0.2) is 32.7 Å². The van der Waals surface area contributed by atoms with E-state index in [1.807, 2.05) is 0 Å². The molecule has 0 radical (unpaired) electrons. The first kappa shape index (κ1) is 15.9. The topological polar surface area (TPSA) is 59.6 Å². The van der Waals surface area contributed by atoms with E-state index in [-0.39, 0.29) is 5.91 Å². The van der Waals surface area contributed by atoms with Gasteiger partial charge in [0.2, 0.25) is 5.91 Å². The molecule has 1 aliphatic rings. The molecular weight excluding hydrogens is 292 g/mol. The maximum atomic E-state index is 12.1. The van der Waals surface area contributed by atoms with E-state index in [1.54, 1.807) is 12.1 Å². The number of methoxy groups -OCH3 is 2. The highest BCUT2D eigenvalue weighted by Gasteiger charge is 2.17. The molecule has 1 saturated heterocycles. The fraction of sp³-hybridized carbons (Fsp3) is 0.533. The van der Waals surface area contributed by atoms with Gasteiger partial charge in [0.15, 0.2) is 0 Å². The minimum atomic E-state index is -0.0358. The van der Waals surface area contributed by atoms with Crippen molar-refractivity contribution in [3.63, 3.8) is 0 Å². The first-order chi connectivity index (χ1) is 10.1. The van der Waals surface area contributed by atoms with Gasteiger partial charge in [-0.3, -0.25) is 4.79 Å². The molecule has 21 heavy (non-hydrogen) atoms. The van der Waals surface area contributed by atoms with Gasteiger partial charge in [0.25, 0.3) is 0 Å². The average molecular weight is 313 g/mol. The van der Waals surface area contributed by atoms with Crippen molar-refractivity contribution in [3.8, 4) is 11.5 Å². The fourth-order valence-corrected chi connectivity index (χ4v) is 2.71. The van der Waals surface area contributed by atoms with Gasteiger partial charge in [0.1, 0.15) is 11.5 Å². The predicted molar refractivity (Wildman–Crippen MR) is 83.4 cm³/mol. The van der Waals surface area contributed by atoms with E-state index in [1.165, 1.54) is 20.6 Å². The Morgan fingerprint density at radius 1 is 1.38 bits per heavy atom. The van der Waals surface area contributed by atoms with Crippen molar-refractivity contribution in [2.75, 3.05) is 26.1 Å². The Kier molecular flexibility index (Phi) is 5.70. The zero-order valence-corrected chi connectivity index (χ0v) is 13.1. The Morgan fingerprint density at radius 3 is 2.76 bits per heavy atom. The lowest BCUT2D eigenvalue weighted by Crippen LogP contribution is -2.23. The number of anilines is 1. The van der Waals surface area contributed by atoms with Gasteiger partial charge in [0.05, 0.1) is 24.9 Å². The van der Waals surface area contributed by atoms with Crippen LogP contribution in [0.25, 0.3) is 0 Å². The molecular formula is C15H21ClN2O3. The lowest BCUT2D eigenvalue weighted by Gasteiger charge is -2.14. The lowest BCUT2D eigenvalue weighted by molar-refractivity contribution is -0.116. The summed E-state index contributed by atoms with van der Waals surface area (Å²) in [4.78, 5) is 12.1. The van der Waals surface area contributed by atoms with E-state index < -0.39 is 0 Å². The minimum absolute atomic E-state index is 0.0358. The normalized spacial score (nSPS) is 17.6. The molecule has 1 heterocycles. The molecule has 1 aromatic carbocycles. The number of hydrogen-bond donors (Lipinski definition) is 2. The predicted octanol–water partition coefficient (Wildman–Crippen LogP) is 2.83. The molecule has 0 aromatic heterocycles. The van der Waals surface area contributed by atoms with E-state index in [0.717, 1.165) is 19.4 Å². The quantitative estimate of drug-likeness (QED) is 0.848. The summed E-state index contributed by atoms with van der Waals surface area (Å²) in [6.45, 7) is 1.05. The minimum Gasteiger partial charge on any atom is -0.495 e. The maximum Gasteiger partial charge on any atom is 0.224 e. The number of amides is 1. The summed E-state index contributed by atoms with van der Waals surface area (Å²) in [6.07, 6.45) is 3.66. The highest BCUT2D eigenvalue weighted by Crippen LogP contribution is 2.35. The van der Waals surface area contributed by atoms with Crippen LogP contribution >= 0.6 is 11.6 Å². The van der Waals surface area contributed by atoms with Crippen LogP contribution in [0.1, 0.15) is 25.7 Å². The zero-order valence-electron chi connectivity index (χ0n) is 12.4. The van der Waals surface area contributed by atoms with E-state index in [4.69, 9.17) is 21.1 Å². The molecule has 116 valence electrons. The molecule has 1 atom stereocenters. The first-order valence-electron chi connectivity index (χ1n) is 7.08. The average Bonchev–Trinajstić information content (AvgIpc) is 2.99. The molecule has 1 amide bonds. The summed E-state index contributed by atoms with van der Waals surface area (Å²) in [5.74, 6) is 0.991. The number of rotatable bonds is 6. The van der Waals surface area contributed by atoms with Gasteiger partial charge in [-0.25, -0.2) is 0 Å². The summed E-state index contributed by atoms with van der Waals surface area (Å²) >= 11 is 6.04. The largest absolute Gasteiger partial charge is 0.495 e. The smallest absolute Gasteiger partial charge is 0.224 e. The Balaban J connectivity index is 1.98. The van der Waals surface area contributed by atoms with Crippen LogP contribution in [0, 0.1) is 0 Å². The van der Waals surface area contributed by atoms with Crippen molar-refractivity contribution < 1.29 is 14.3 Å². The van der Waals surface area contributed by atoms with Gasteiger partial charge >= 0.3 is 0 Å². The SMILES string of the molecule is COc1cc(NC(=O)CCC2CCCN2)c(OC)cc1Cl. The van der Waals surface area contributed by atoms with Gasteiger partial charge in [0, 0.05) is 24.6 Å². The molecule has 1 aliphatic heterocycles. The molecule has 5 nitrogen and oxygen atoms in total. The summed E-state index contributed by atoms with van der Waals surface area (Å²) in [5.41, 5.74) is 0.572. The summed E-state index contributed by atoms with van der Waals surface area (Å²) in [7, 11) is 3.07. The highest BCUT2D eigenvalue weighted by atomic mass is 35.5. The number of carbonyl (C=O) groups is 1. The molecule has 0 saturated carbocycles. The number of halogens is 1. The van der Waals surface area contributed by atoms with E-state index in [9.17, 15) is 4.79 Å². The summed E-state index contributed by atoms with van der Waals surface area (Å²) in [5, 5.41) is 6.69. The number of benzene rings is 1. The molecule has 0 spiro atoms. The molecule has 2 N–H and O–H groups in total. The van der Waals surface area contributed by atoms with E-state index in [2.05, 4.69) is 10.6 Å². The van der Waals surface area contributed by atoms with Gasteiger partial charge in [-0.2, -0.15) is 0 Å². The van der Waals surface area contributed by atoms with E-state index in [0.29, 0.717) is 34.7 Å². The first-order valence-corrected chi connectivity index (χ1v) is 7.46. The maximum absolute atomic E-state index is 12.1. The van der Waals surface area contributed by atoms with Crippen molar-refractivity contribution in [1.82, 2.24) is 5.32 Å². The number of carbonyl (C=O) groups excluding carboxylic acids is 1. The number of nitrogens with one attached hydrogen (secondary N) is 2. The van der Waals surface area contributed by atoms with Crippen LogP contribution in [0.2, 0.25) is 5.02 Å². The second-order valence-corrected chi connectivity index (χ2v) is 5.47.